The number of aromatic nitrogens is 3. The molecule has 0 amide bonds. The highest BCUT2D eigenvalue weighted by molar-refractivity contribution is 6.13. The van der Waals surface area contributed by atoms with E-state index in [9.17, 15) is 19.4 Å². The lowest BCUT2D eigenvalue weighted by Gasteiger charge is -2.10. The lowest BCUT2D eigenvalue weighted by atomic mass is 10.0. The van der Waals surface area contributed by atoms with Crippen molar-refractivity contribution in [1.82, 2.24) is 14.5 Å². The molecular weight excluding hydrogens is 365 g/mol. The molecule has 0 unspecified atom stereocenters. The van der Waals surface area contributed by atoms with Crippen LogP contribution in [0.2, 0.25) is 0 Å². The molecule has 0 fully saturated rings. The van der Waals surface area contributed by atoms with E-state index >= 15 is 0 Å². The van der Waals surface area contributed by atoms with Gasteiger partial charge in [-0.25, -0.2) is 18.9 Å². The van der Waals surface area contributed by atoms with Gasteiger partial charge >= 0.3 is 0 Å². The quantitative estimate of drug-likeness (QED) is 0.525. The number of aromatic hydroxyl groups is 2. The van der Waals surface area contributed by atoms with Gasteiger partial charge in [-0.1, -0.05) is 12.1 Å². The van der Waals surface area contributed by atoms with Crippen molar-refractivity contribution in [2.24, 2.45) is 0 Å². The van der Waals surface area contributed by atoms with E-state index in [0.717, 1.165) is 4.57 Å². The number of halogens is 1. The molecule has 4 rings (SSSR count). The van der Waals surface area contributed by atoms with Gasteiger partial charge in [-0.15, -0.1) is 0 Å². The first kappa shape index (κ1) is 17.5. The summed E-state index contributed by atoms with van der Waals surface area (Å²) in [5, 5.41) is 21.1. The number of rotatable bonds is 4. The Morgan fingerprint density at radius 3 is 2.43 bits per heavy atom. The van der Waals surface area contributed by atoms with E-state index in [1.807, 2.05) is 0 Å². The largest absolute Gasteiger partial charge is 0.503 e. The van der Waals surface area contributed by atoms with Gasteiger partial charge in [0.1, 0.15) is 11.6 Å². The van der Waals surface area contributed by atoms with Gasteiger partial charge in [0, 0.05) is 18.0 Å². The number of benzene rings is 1. The Morgan fingerprint density at radius 2 is 1.79 bits per heavy atom. The van der Waals surface area contributed by atoms with E-state index in [1.165, 1.54) is 36.7 Å². The molecule has 7 nitrogen and oxygen atoms in total. The van der Waals surface area contributed by atoms with E-state index in [0.29, 0.717) is 5.76 Å². The summed E-state index contributed by atoms with van der Waals surface area (Å²) in [6.45, 7) is 1.66. The molecule has 0 bridgehead atoms. The number of hydrogen-bond donors (Lipinski definition) is 2. The molecule has 28 heavy (non-hydrogen) atoms. The third-order valence-electron chi connectivity index (χ3n) is 4.19. The van der Waals surface area contributed by atoms with Crippen LogP contribution in [0.3, 0.4) is 0 Å². The molecular formula is C20H14FN3O4. The van der Waals surface area contributed by atoms with Crippen molar-refractivity contribution in [3.05, 3.63) is 77.8 Å². The van der Waals surface area contributed by atoms with Crippen molar-refractivity contribution in [3.63, 3.8) is 0 Å². The predicted molar refractivity (Wildman–Crippen MR) is 97.0 cm³/mol. The van der Waals surface area contributed by atoms with Gasteiger partial charge in [-0.3, -0.25) is 4.79 Å². The maximum atomic E-state index is 14.6. The highest BCUT2D eigenvalue weighted by Gasteiger charge is 2.32. The summed E-state index contributed by atoms with van der Waals surface area (Å²) in [5.74, 6) is -2.37. The molecule has 140 valence electrons. The van der Waals surface area contributed by atoms with Crippen LogP contribution in [0.1, 0.15) is 21.9 Å². The first-order chi connectivity index (χ1) is 13.5. The summed E-state index contributed by atoms with van der Waals surface area (Å²) in [5.41, 5.74) is -0.417. The SMILES string of the molecule is Cc1ccc(C(=O)c2c(O)c(O)n(-c3ncccn3)c2-c2ccccc2F)o1. The average Bonchev–Trinajstić information content (AvgIpc) is 3.24. The molecule has 1 aromatic carbocycles. The fourth-order valence-corrected chi connectivity index (χ4v) is 2.95. The van der Waals surface area contributed by atoms with Crippen molar-refractivity contribution >= 4 is 5.78 Å². The molecule has 0 radical (unpaired) electrons. The Bertz CT molecular complexity index is 1180. The van der Waals surface area contributed by atoms with Gasteiger partial charge in [0.25, 0.3) is 0 Å². The summed E-state index contributed by atoms with van der Waals surface area (Å²) < 4.78 is 21.0. The van der Waals surface area contributed by atoms with Crippen molar-refractivity contribution in [3.8, 4) is 28.8 Å². The first-order valence-corrected chi connectivity index (χ1v) is 8.29. The number of carbonyl (C=O) groups is 1. The molecule has 0 spiro atoms. The van der Waals surface area contributed by atoms with E-state index in [2.05, 4.69) is 9.97 Å². The minimum atomic E-state index is -0.718. The molecule has 0 saturated carbocycles. The average molecular weight is 379 g/mol. The summed E-state index contributed by atoms with van der Waals surface area (Å²) in [4.78, 5) is 21.1. The Hall–Kier alpha value is -3.94. The highest BCUT2D eigenvalue weighted by atomic mass is 19.1. The molecule has 3 heterocycles. The second kappa shape index (κ2) is 6.66. The minimum absolute atomic E-state index is 0.0165. The normalized spacial score (nSPS) is 10.9. The van der Waals surface area contributed by atoms with Crippen LogP contribution in [-0.4, -0.2) is 30.5 Å². The van der Waals surface area contributed by atoms with Crippen molar-refractivity contribution in [1.29, 1.82) is 0 Å². The van der Waals surface area contributed by atoms with E-state index in [1.54, 1.807) is 25.1 Å². The minimum Gasteiger partial charge on any atom is -0.503 e. The van der Waals surface area contributed by atoms with Crippen LogP contribution in [0.25, 0.3) is 17.2 Å². The number of ketones is 1. The van der Waals surface area contributed by atoms with Gasteiger partial charge in [0.2, 0.25) is 17.6 Å². The smallest absolute Gasteiger partial charge is 0.243 e. The Kier molecular flexibility index (Phi) is 4.15. The lowest BCUT2D eigenvalue weighted by molar-refractivity contribution is 0.101. The third kappa shape index (κ3) is 2.71. The van der Waals surface area contributed by atoms with Gasteiger partial charge in [0.05, 0.1) is 11.3 Å². The second-order valence-corrected chi connectivity index (χ2v) is 6.00. The predicted octanol–water partition coefficient (Wildman–Crippen LogP) is 3.62. The summed E-state index contributed by atoms with van der Waals surface area (Å²) in [6.07, 6.45) is 2.84. The highest BCUT2D eigenvalue weighted by Crippen LogP contribution is 2.44. The maximum absolute atomic E-state index is 14.6. The van der Waals surface area contributed by atoms with Crippen molar-refractivity contribution in [2.75, 3.05) is 0 Å². The van der Waals surface area contributed by atoms with Crippen LogP contribution in [0.5, 0.6) is 11.6 Å². The van der Waals surface area contributed by atoms with Gasteiger partial charge in [-0.05, 0) is 37.3 Å². The van der Waals surface area contributed by atoms with Crippen LogP contribution in [-0.2, 0) is 0 Å². The lowest BCUT2D eigenvalue weighted by Crippen LogP contribution is -2.07. The van der Waals surface area contributed by atoms with E-state index in [4.69, 9.17) is 4.42 Å². The standard InChI is InChI=1S/C20H14FN3O4/c1-11-7-8-14(28-11)17(25)15-16(12-5-2-3-6-13(12)21)24(19(27)18(15)26)20-22-9-4-10-23-20/h2-10,26-27H,1H3. The zero-order valence-corrected chi connectivity index (χ0v) is 14.6. The van der Waals surface area contributed by atoms with Crippen LogP contribution in [0.4, 0.5) is 4.39 Å². The maximum Gasteiger partial charge on any atom is 0.243 e. The number of nitrogens with zero attached hydrogens (tertiary/aromatic N) is 3. The van der Waals surface area contributed by atoms with Crippen LogP contribution >= 0.6 is 0 Å². The fourth-order valence-electron chi connectivity index (χ4n) is 2.95. The second-order valence-electron chi connectivity index (χ2n) is 6.00. The molecule has 4 aromatic rings. The van der Waals surface area contributed by atoms with Crippen LogP contribution < -0.4 is 0 Å². The number of carbonyl (C=O) groups excluding carboxylic acids is 1. The molecule has 0 aliphatic heterocycles. The molecule has 0 saturated heterocycles. The Labute approximate surface area is 158 Å². The van der Waals surface area contributed by atoms with Crippen LogP contribution in [0.15, 0.2) is 59.3 Å². The van der Waals surface area contributed by atoms with Crippen LogP contribution in [0, 0.1) is 12.7 Å². The molecule has 0 atom stereocenters. The molecule has 8 heteroatoms. The van der Waals surface area contributed by atoms with E-state index < -0.39 is 23.2 Å². The molecule has 0 aliphatic carbocycles. The Morgan fingerprint density at radius 1 is 1.07 bits per heavy atom. The molecule has 0 aliphatic rings. The fraction of sp³-hybridized carbons (Fsp3) is 0.0500. The van der Waals surface area contributed by atoms with Gasteiger partial charge in [-0.2, -0.15) is 0 Å². The monoisotopic (exact) mass is 379 g/mol. The first-order valence-electron chi connectivity index (χ1n) is 8.29. The number of furan rings is 1. The molecule has 3 aromatic heterocycles. The third-order valence-corrected chi connectivity index (χ3v) is 4.19. The zero-order chi connectivity index (χ0) is 19.8. The van der Waals surface area contributed by atoms with Crippen molar-refractivity contribution in [2.45, 2.75) is 6.92 Å². The summed E-state index contributed by atoms with van der Waals surface area (Å²) in [6, 6.07) is 10.3. The van der Waals surface area contributed by atoms with Gasteiger partial charge in [0.15, 0.2) is 11.5 Å². The summed E-state index contributed by atoms with van der Waals surface area (Å²) >= 11 is 0. The zero-order valence-electron chi connectivity index (χ0n) is 14.6. The topological polar surface area (TPSA) is 101 Å². The summed E-state index contributed by atoms with van der Waals surface area (Å²) in [7, 11) is 0. The Balaban J connectivity index is 2.06. The van der Waals surface area contributed by atoms with E-state index in [-0.39, 0.29) is 28.5 Å². The number of hydrogen-bond acceptors (Lipinski definition) is 6. The molecule has 2 N–H and O–H groups in total. The van der Waals surface area contributed by atoms with Crippen molar-refractivity contribution < 1.29 is 23.8 Å². The number of aryl methyl sites for hydroxylation is 1. The van der Waals surface area contributed by atoms with Gasteiger partial charge < -0.3 is 14.6 Å².